The third-order valence-corrected chi connectivity index (χ3v) is 4.27. The molecule has 3 rings (SSSR count). The summed E-state index contributed by atoms with van der Waals surface area (Å²) in [6, 6.07) is 3.61. The maximum Gasteiger partial charge on any atom is 0.233 e. The van der Waals surface area contributed by atoms with Gasteiger partial charge in [0.05, 0.1) is 6.54 Å². The molecule has 1 unspecified atom stereocenters. The smallest absolute Gasteiger partial charge is 0.233 e. The molecule has 1 atom stereocenters. The zero-order valence-corrected chi connectivity index (χ0v) is 11.7. The number of rotatable bonds is 4. The van der Waals surface area contributed by atoms with Crippen LogP contribution in [0.15, 0.2) is 18.3 Å². The largest absolute Gasteiger partial charge is 0.471 e. The van der Waals surface area contributed by atoms with E-state index in [0.29, 0.717) is 24.2 Å². The Kier molecular flexibility index (Phi) is 4.14. The van der Waals surface area contributed by atoms with Crippen molar-refractivity contribution in [3.05, 3.63) is 18.3 Å². The third kappa shape index (κ3) is 3.26. The molecule has 5 nitrogen and oxygen atoms in total. The average molecular weight is 275 g/mol. The van der Waals surface area contributed by atoms with Crippen LogP contribution in [0.3, 0.4) is 0 Å². The van der Waals surface area contributed by atoms with Crippen molar-refractivity contribution in [3.8, 4) is 5.88 Å². The van der Waals surface area contributed by atoms with Crippen LogP contribution in [0.5, 0.6) is 5.88 Å². The number of nitrogens with zero attached hydrogens (tertiary/aromatic N) is 3. The van der Waals surface area contributed by atoms with Gasteiger partial charge in [-0.2, -0.15) is 5.10 Å². The van der Waals surface area contributed by atoms with Crippen LogP contribution in [0.2, 0.25) is 0 Å². The molecule has 1 amide bonds. The van der Waals surface area contributed by atoms with E-state index in [-0.39, 0.29) is 6.10 Å². The summed E-state index contributed by atoms with van der Waals surface area (Å²) in [7, 11) is 0. The number of likely N-dealkylation sites (tertiary alicyclic amines) is 1. The molecule has 1 aliphatic heterocycles. The molecule has 20 heavy (non-hydrogen) atoms. The van der Waals surface area contributed by atoms with Crippen molar-refractivity contribution in [2.24, 2.45) is 5.92 Å². The SMILES string of the molecule is O=C(CC1CCCC1)N1CCC(Oc2cccnn2)C1. The van der Waals surface area contributed by atoms with Crippen LogP contribution in [0.25, 0.3) is 0 Å². The molecule has 1 aromatic heterocycles. The second-order valence-electron chi connectivity index (χ2n) is 5.78. The van der Waals surface area contributed by atoms with E-state index >= 15 is 0 Å². The first kappa shape index (κ1) is 13.3. The Labute approximate surface area is 119 Å². The molecular formula is C15H21N3O2. The number of carbonyl (C=O) groups excluding carboxylic acids is 1. The lowest BCUT2D eigenvalue weighted by Gasteiger charge is -2.18. The molecule has 5 heteroatoms. The predicted molar refractivity (Wildman–Crippen MR) is 74.2 cm³/mol. The first-order chi connectivity index (χ1) is 9.81. The third-order valence-electron chi connectivity index (χ3n) is 4.27. The summed E-state index contributed by atoms with van der Waals surface area (Å²) >= 11 is 0. The summed E-state index contributed by atoms with van der Waals surface area (Å²) in [4.78, 5) is 14.2. The molecule has 0 bridgehead atoms. The fourth-order valence-corrected chi connectivity index (χ4v) is 3.16. The van der Waals surface area contributed by atoms with E-state index in [2.05, 4.69) is 10.2 Å². The summed E-state index contributed by atoms with van der Waals surface area (Å²) in [5.74, 6) is 1.45. The molecule has 1 saturated carbocycles. The van der Waals surface area contributed by atoms with Gasteiger partial charge in [-0.15, -0.1) is 5.10 Å². The lowest BCUT2D eigenvalue weighted by molar-refractivity contribution is -0.131. The molecule has 0 aromatic carbocycles. The number of hydrogen-bond donors (Lipinski definition) is 0. The molecular weight excluding hydrogens is 254 g/mol. The van der Waals surface area contributed by atoms with Gasteiger partial charge >= 0.3 is 0 Å². The van der Waals surface area contributed by atoms with Crippen LogP contribution in [-0.2, 0) is 4.79 Å². The van der Waals surface area contributed by atoms with Gasteiger partial charge in [0, 0.05) is 31.6 Å². The van der Waals surface area contributed by atoms with Crippen molar-refractivity contribution in [2.45, 2.75) is 44.6 Å². The van der Waals surface area contributed by atoms with Gasteiger partial charge in [-0.3, -0.25) is 4.79 Å². The first-order valence-electron chi connectivity index (χ1n) is 7.53. The Morgan fingerprint density at radius 1 is 1.35 bits per heavy atom. The lowest BCUT2D eigenvalue weighted by Crippen LogP contribution is -2.32. The fraction of sp³-hybridized carbons (Fsp3) is 0.667. The molecule has 2 heterocycles. The van der Waals surface area contributed by atoms with E-state index in [1.807, 2.05) is 4.90 Å². The Morgan fingerprint density at radius 3 is 2.95 bits per heavy atom. The Balaban J connectivity index is 1.47. The van der Waals surface area contributed by atoms with E-state index in [9.17, 15) is 4.79 Å². The van der Waals surface area contributed by atoms with Gasteiger partial charge in [0.1, 0.15) is 6.10 Å². The quantitative estimate of drug-likeness (QED) is 0.843. The molecule has 0 N–H and O–H groups in total. The van der Waals surface area contributed by atoms with Crippen molar-refractivity contribution in [1.82, 2.24) is 15.1 Å². The highest BCUT2D eigenvalue weighted by molar-refractivity contribution is 5.76. The normalized spacial score (nSPS) is 23.2. The number of hydrogen-bond acceptors (Lipinski definition) is 4. The van der Waals surface area contributed by atoms with Gasteiger partial charge < -0.3 is 9.64 Å². The van der Waals surface area contributed by atoms with Gasteiger partial charge in [0.15, 0.2) is 0 Å². The second kappa shape index (κ2) is 6.20. The minimum Gasteiger partial charge on any atom is -0.471 e. The zero-order valence-electron chi connectivity index (χ0n) is 11.7. The van der Waals surface area contributed by atoms with Crippen LogP contribution in [0, 0.1) is 5.92 Å². The molecule has 2 aliphatic rings. The van der Waals surface area contributed by atoms with E-state index in [1.165, 1.54) is 25.7 Å². The molecule has 0 spiro atoms. The standard InChI is InChI=1S/C15H21N3O2/c19-15(10-12-4-1-2-5-12)18-9-7-13(11-18)20-14-6-3-8-16-17-14/h3,6,8,12-13H,1-2,4-5,7,9-11H2. The summed E-state index contributed by atoms with van der Waals surface area (Å²) in [5.41, 5.74) is 0. The molecule has 0 radical (unpaired) electrons. The topological polar surface area (TPSA) is 55.3 Å². The minimum atomic E-state index is 0.0548. The highest BCUT2D eigenvalue weighted by atomic mass is 16.5. The predicted octanol–water partition coefficient (Wildman–Crippen LogP) is 2.04. The summed E-state index contributed by atoms with van der Waals surface area (Å²) in [6.07, 6.45) is 8.30. The first-order valence-corrected chi connectivity index (χ1v) is 7.53. The Bertz CT molecular complexity index is 446. The Hall–Kier alpha value is -1.65. The van der Waals surface area contributed by atoms with Crippen LogP contribution in [0.4, 0.5) is 0 Å². The van der Waals surface area contributed by atoms with E-state index in [4.69, 9.17) is 4.74 Å². The van der Waals surface area contributed by atoms with Crippen molar-refractivity contribution in [2.75, 3.05) is 13.1 Å². The van der Waals surface area contributed by atoms with Gasteiger partial charge in [-0.25, -0.2) is 0 Å². The van der Waals surface area contributed by atoms with Crippen LogP contribution in [0.1, 0.15) is 38.5 Å². The summed E-state index contributed by atoms with van der Waals surface area (Å²) < 4.78 is 5.76. The summed E-state index contributed by atoms with van der Waals surface area (Å²) in [6.45, 7) is 1.48. The molecule has 108 valence electrons. The molecule has 2 fully saturated rings. The number of amides is 1. The van der Waals surface area contributed by atoms with Crippen molar-refractivity contribution in [1.29, 1.82) is 0 Å². The highest BCUT2D eigenvalue weighted by Crippen LogP contribution is 2.28. The maximum atomic E-state index is 12.2. The van der Waals surface area contributed by atoms with E-state index in [0.717, 1.165) is 19.4 Å². The lowest BCUT2D eigenvalue weighted by atomic mass is 10.0. The second-order valence-corrected chi connectivity index (χ2v) is 5.78. The zero-order chi connectivity index (χ0) is 13.8. The molecule has 1 saturated heterocycles. The fourth-order valence-electron chi connectivity index (χ4n) is 3.16. The number of ether oxygens (including phenoxy) is 1. The minimum absolute atomic E-state index is 0.0548. The number of carbonyl (C=O) groups is 1. The van der Waals surface area contributed by atoms with E-state index < -0.39 is 0 Å². The van der Waals surface area contributed by atoms with Crippen LogP contribution >= 0.6 is 0 Å². The van der Waals surface area contributed by atoms with Gasteiger partial charge in [-0.1, -0.05) is 12.8 Å². The van der Waals surface area contributed by atoms with Crippen molar-refractivity contribution in [3.63, 3.8) is 0 Å². The van der Waals surface area contributed by atoms with Gasteiger partial charge in [0.2, 0.25) is 11.8 Å². The van der Waals surface area contributed by atoms with Crippen LogP contribution in [-0.4, -0.2) is 40.2 Å². The summed E-state index contributed by atoms with van der Waals surface area (Å²) in [5, 5.41) is 7.71. The monoisotopic (exact) mass is 275 g/mol. The maximum absolute atomic E-state index is 12.2. The van der Waals surface area contributed by atoms with Crippen LogP contribution < -0.4 is 4.74 Å². The number of aromatic nitrogens is 2. The van der Waals surface area contributed by atoms with Gasteiger partial charge in [-0.05, 0) is 24.8 Å². The van der Waals surface area contributed by atoms with Gasteiger partial charge in [0.25, 0.3) is 0 Å². The van der Waals surface area contributed by atoms with E-state index in [1.54, 1.807) is 18.3 Å². The molecule has 1 aliphatic carbocycles. The van der Waals surface area contributed by atoms with Crippen molar-refractivity contribution >= 4 is 5.91 Å². The average Bonchev–Trinajstić information content (AvgIpc) is 3.11. The molecule has 1 aromatic rings. The Morgan fingerprint density at radius 2 is 2.20 bits per heavy atom. The van der Waals surface area contributed by atoms with Crippen molar-refractivity contribution < 1.29 is 9.53 Å². The highest BCUT2D eigenvalue weighted by Gasteiger charge is 2.29.